The summed E-state index contributed by atoms with van der Waals surface area (Å²) in [5.74, 6) is -1.10. The zero-order valence-corrected chi connectivity index (χ0v) is 16.5. The third-order valence-electron chi connectivity index (χ3n) is 6.34. The Kier molecular flexibility index (Phi) is 4.55. The van der Waals surface area contributed by atoms with Gasteiger partial charge in [0, 0.05) is 36.8 Å². The van der Waals surface area contributed by atoms with Gasteiger partial charge in [0.05, 0.1) is 11.0 Å². The van der Waals surface area contributed by atoms with Crippen molar-refractivity contribution >= 4 is 29.2 Å². The number of fused-ring (bicyclic) bond motifs is 4. The van der Waals surface area contributed by atoms with Crippen molar-refractivity contribution in [2.24, 2.45) is 5.41 Å². The van der Waals surface area contributed by atoms with Crippen LogP contribution in [0.2, 0.25) is 0 Å². The number of nitrogens with one attached hydrogen (secondary N) is 1. The molecule has 2 saturated heterocycles. The Hall–Kier alpha value is -2.97. The predicted molar refractivity (Wildman–Crippen MR) is 104 cm³/mol. The Morgan fingerprint density at radius 3 is 2.66 bits per heavy atom. The van der Waals surface area contributed by atoms with Crippen LogP contribution in [0.1, 0.15) is 45.1 Å². The summed E-state index contributed by atoms with van der Waals surface area (Å²) in [7, 11) is 0. The molecule has 0 unspecified atom stereocenters. The number of benzene rings is 1. The minimum atomic E-state index is -1.47. The first-order valence-corrected chi connectivity index (χ1v) is 10.0. The highest BCUT2D eigenvalue weighted by atomic mass is 16.6. The number of urea groups is 1. The lowest BCUT2D eigenvalue weighted by atomic mass is 9.67. The molecule has 3 aliphatic rings. The molecule has 4 amide bonds. The second-order valence-corrected chi connectivity index (χ2v) is 8.30. The zero-order valence-electron chi connectivity index (χ0n) is 16.5. The van der Waals surface area contributed by atoms with E-state index in [0.717, 1.165) is 29.8 Å². The first-order chi connectivity index (χ1) is 13.8. The molecule has 4 rings (SSSR count). The Morgan fingerprint density at radius 2 is 1.97 bits per heavy atom. The highest BCUT2D eigenvalue weighted by molar-refractivity contribution is 6.20. The molecule has 0 radical (unpaired) electrons. The summed E-state index contributed by atoms with van der Waals surface area (Å²) < 4.78 is 0. The summed E-state index contributed by atoms with van der Waals surface area (Å²) in [5.41, 5.74) is -0.113. The van der Waals surface area contributed by atoms with Crippen LogP contribution in [0.15, 0.2) is 18.2 Å². The van der Waals surface area contributed by atoms with Gasteiger partial charge in [-0.25, -0.2) is 4.79 Å². The van der Waals surface area contributed by atoms with Crippen LogP contribution >= 0.6 is 0 Å². The van der Waals surface area contributed by atoms with E-state index in [1.165, 1.54) is 12.1 Å². The molecule has 2 atom stereocenters. The number of non-ortho nitro benzene ring substituents is 1. The molecule has 1 spiro atoms. The monoisotopic (exact) mass is 400 g/mol. The molecule has 0 aliphatic carbocycles. The Labute approximate surface area is 168 Å². The topological polar surface area (TPSA) is 113 Å². The quantitative estimate of drug-likeness (QED) is 0.463. The molecule has 3 heterocycles. The average molecular weight is 400 g/mol. The Morgan fingerprint density at radius 1 is 1.21 bits per heavy atom. The number of barbiturate groups is 1. The molecule has 9 nitrogen and oxygen atoms in total. The van der Waals surface area contributed by atoms with Crippen LogP contribution in [0.5, 0.6) is 0 Å². The molecule has 154 valence electrons. The maximum absolute atomic E-state index is 13.6. The SMILES string of the molecule is CC(C)N1C(=O)NC(=O)[C@]2(Cc3cc([N+](=O)[O-])ccc3N3CCCCC[C@@H]32)C1=O. The number of carbonyl (C=O) groups is 3. The minimum Gasteiger partial charge on any atom is -0.367 e. The lowest BCUT2D eigenvalue weighted by Crippen LogP contribution is -2.72. The predicted octanol–water partition coefficient (Wildman–Crippen LogP) is 2.37. The van der Waals surface area contributed by atoms with Crippen molar-refractivity contribution in [2.45, 2.75) is 58.0 Å². The summed E-state index contributed by atoms with van der Waals surface area (Å²) in [5, 5.41) is 13.7. The number of nitrogens with zero attached hydrogens (tertiary/aromatic N) is 3. The van der Waals surface area contributed by atoms with Crippen molar-refractivity contribution in [1.29, 1.82) is 0 Å². The Balaban J connectivity index is 1.91. The van der Waals surface area contributed by atoms with Crippen LogP contribution < -0.4 is 10.2 Å². The van der Waals surface area contributed by atoms with Gasteiger partial charge in [0.25, 0.3) is 5.69 Å². The second kappa shape index (κ2) is 6.82. The van der Waals surface area contributed by atoms with E-state index in [-0.39, 0.29) is 18.2 Å². The van der Waals surface area contributed by atoms with Gasteiger partial charge in [-0.05, 0) is 38.3 Å². The number of carbonyl (C=O) groups excluding carboxylic acids is 3. The van der Waals surface area contributed by atoms with Gasteiger partial charge in [-0.1, -0.05) is 12.8 Å². The fourth-order valence-electron chi connectivity index (χ4n) is 5.03. The number of anilines is 1. The van der Waals surface area contributed by atoms with Gasteiger partial charge in [0.2, 0.25) is 11.8 Å². The van der Waals surface area contributed by atoms with Crippen molar-refractivity contribution in [2.75, 3.05) is 11.4 Å². The highest BCUT2D eigenvalue weighted by Crippen LogP contribution is 2.48. The van der Waals surface area contributed by atoms with Gasteiger partial charge in [-0.3, -0.25) is 29.9 Å². The first kappa shape index (κ1) is 19.4. The third-order valence-corrected chi connectivity index (χ3v) is 6.34. The van der Waals surface area contributed by atoms with Gasteiger partial charge in [-0.2, -0.15) is 0 Å². The number of nitro benzene ring substituents is 1. The number of nitro groups is 1. The average Bonchev–Trinajstić information content (AvgIpc) is 2.91. The maximum Gasteiger partial charge on any atom is 0.331 e. The molecular weight excluding hydrogens is 376 g/mol. The van der Waals surface area contributed by atoms with E-state index in [0.29, 0.717) is 18.5 Å². The van der Waals surface area contributed by atoms with E-state index < -0.39 is 34.2 Å². The van der Waals surface area contributed by atoms with Crippen LogP contribution in [0, 0.1) is 15.5 Å². The minimum absolute atomic E-state index is 0.0480. The van der Waals surface area contributed by atoms with Crippen molar-refractivity contribution < 1.29 is 19.3 Å². The lowest BCUT2D eigenvalue weighted by Gasteiger charge is -2.52. The van der Waals surface area contributed by atoms with Crippen LogP contribution in [-0.4, -0.2) is 46.3 Å². The van der Waals surface area contributed by atoms with Crippen LogP contribution in [-0.2, 0) is 16.0 Å². The molecule has 29 heavy (non-hydrogen) atoms. The normalized spacial score (nSPS) is 26.9. The smallest absolute Gasteiger partial charge is 0.331 e. The van der Waals surface area contributed by atoms with E-state index in [9.17, 15) is 24.5 Å². The van der Waals surface area contributed by atoms with Crippen molar-refractivity contribution in [3.05, 3.63) is 33.9 Å². The van der Waals surface area contributed by atoms with Crippen molar-refractivity contribution in [3.8, 4) is 0 Å². The Bertz CT molecular complexity index is 914. The zero-order chi connectivity index (χ0) is 20.9. The fraction of sp³-hybridized carbons (Fsp3) is 0.550. The number of hydrogen-bond acceptors (Lipinski definition) is 6. The highest BCUT2D eigenvalue weighted by Gasteiger charge is 2.62. The van der Waals surface area contributed by atoms with Gasteiger partial charge in [-0.15, -0.1) is 0 Å². The molecule has 1 aromatic rings. The molecule has 0 saturated carbocycles. The number of amides is 4. The van der Waals surface area contributed by atoms with E-state index in [1.807, 2.05) is 0 Å². The summed E-state index contributed by atoms with van der Waals surface area (Å²) in [6, 6.07) is 3.14. The molecule has 2 fully saturated rings. The molecule has 0 aromatic heterocycles. The molecule has 3 aliphatic heterocycles. The molecule has 1 aromatic carbocycles. The number of imide groups is 2. The lowest BCUT2D eigenvalue weighted by molar-refractivity contribution is -0.384. The number of hydrogen-bond donors (Lipinski definition) is 1. The standard InChI is InChI=1S/C20H24N4O5/c1-12(2)23-18(26)20(17(25)21-19(23)27)11-13-10-14(24(28)29)7-8-15(13)22-9-5-3-4-6-16(20)22/h7-8,10,12,16H,3-6,9,11H2,1-2H3,(H,21,25,27)/t16-,20-/m1/s1. The largest absolute Gasteiger partial charge is 0.367 e. The third kappa shape index (κ3) is 2.79. The van der Waals surface area contributed by atoms with E-state index >= 15 is 0 Å². The van der Waals surface area contributed by atoms with Crippen LogP contribution in [0.25, 0.3) is 0 Å². The fourth-order valence-corrected chi connectivity index (χ4v) is 5.03. The first-order valence-electron chi connectivity index (χ1n) is 10.0. The summed E-state index contributed by atoms with van der Waals surface area (Å²) in [6.07, 6.45) is 3.46. The maximum atomic E-state index is 13.6. The van der Waals surface area contributed by atoms with E-state index in [4.69, 9.17) is 0 Å². The number of rotatable bonds is 2. The van der Waals surface area contributed by atoms with Gasteiger partial charge in [0.1, 0.15) is 0 Å². The summed E-state index contributed by atoms with van der Waals surface area (Å²) >= 11 is 0. The van der Waals surface area contributed by atoms with Crippen LogP contribution in [0.3, 0.4) is 0 Å². The molecule has 9 heteroatoms. The van der Waals surface area contributed by atoms with Gasteiger partial charge < -0.3 is 4.90 Å². The molecular formula is C20H24N4O5. The van der Waals surface area contributed by atoms with E-state index in [2.05, 4.69) is 10.2 Å². The van der Waals surface area contributed by atoms with Gasteiger partial charge in [0.15, 0.2) is 5.41 Å². The molecule has 0 bridgehead atoms. The van der Waals surface area contributed by atoms with E-state index in [1.54, 1.807) is 19.9 Å². The van der Waals surface area contributed by atoms with Gasteiger partial charge >= 0.3 is 6.03 Å². The van der Waals surface area contributed by atoms with Crippen LogP contribution in [0.4, 0.5) is 16.2 Å². The summed E-state index contributed by atoms with van der Waals surface area (Å²) in [6.45, 7) is 4.12. The molecule has 1 N–H and O–H groups in total. The summed E-state index contributed by atoms with van der Waals surface area (Å²) in [4.78, 5) is 53.2. The van der Waals surface area contributed by atoms with Crippen molar-refractivity contribution in [1.82, 2.24) is 10.2 Å². The van der Waals surface area contributed by atoms with Crippen molar-refractivity contribution in [3.63, 3.8) is 0 Å². The second-order valence-electron chi connectivity index (χ2n) is 8.30.